The van der Waals surface area contributed by atoms with Crippen LogP contribution in [0.25, 0.3) is 0 Å². The number of aryl methyl sites for hydroxylation is 1. The Morgan fingerprint density at radius 2 is 2.12 bits per heavy atom. The highest BCUT2D eigenvalue weighted by molar-refractivity contribution is 7.09. The number of nitrogens with two attached hydrogens (primary N) is 1. The number of aromatic nitrogens is 1. The Hall–Kier alpha value is -0.450. The lowest BCUT2D eigenvalue weighted by Gasteiger charge is -2.26. The zero-order valence-corrected chi connectivity index (χ0v) is 11.3. The first kappa shape index (κ1) is 13.6. The van der Waals surface area contributed by atoms with Crippen LogP contribution in [-0.2, 0) is 11.2 Å². The molecule has 0 unspecified atom stereocenters. The fourth-order valence-corrected chi connectivity index (χ4v) is 2.22. The van der Waals surface area contributed by atoms with Crippen LogP contribution in [0.2, 0.25) is 0 Å². The van der Waals surface area contributed by atoms with Crippen molar-refractivity contribution in [3.63, 3.8) is 0 Å². The summed E-state index contributed by atoms with van der Waals surface area (Å²) < 4.78 is 5.66. The summed E-state index contributed by atoms with van der Waals surface area (Å²) in [5.41, 5.74) is 9.01. The van der Waals surface area contributed by atoms with E-state index < -0.39 is 0 Å². The molecular weight excluding hydrogens is 220 g/mol. The quantitative estimate of drug-likeness (QED) is 0.747. The van der Waals surface area contributed by atoms with Crippen LogP contribution in [0.5, 0.6) is 0 Å². The van der Waals surface area contributed by atoms with Crippen LogP contribution >= 0.6 is 11.3 Å². The van der Waals surface area contributed by atoms with Crippen molar-refractivity contribution in [3.8, 4) is 0 Å². The molecule has 1 heterocycles. The third-order valence-corrected chi connectivity index (χ3v) is 4.11. The van der Waals surface area contributed by atoms with E-state index in [1.807, 2.05) is 12.4 Å². The van der Waals surface area contributed by atoms with Gasteiger partial charge in [0, 0.05) is 16.8 Å². The zero-order valence-electron chi connectivity index (χ0n) is 10.5. The number of thiazole rings is 1. The van der Waals surface area contributed by atoms with Crippen molar-refractivity contribution in [1.82, 2.24) is 4.98 Å². The second kappa shape index (κ2) is 6.33. The summed E-state index contributed by atoms with van der Waals surface area (Å²) in [7, 11) is 0. The molecule has 0 aromatic carbocycles. The fourth-order valence-electron chi connectivity index (χ4n) is 1.46. The lowest BCUT2D eigenvalue weighted by Crippen LogP contribution is -2.43. The molecule has 92 valence electrons. The monoisotopic (exact) mass is 242 g/mol. The van der Waals surface area contributed by atoms with Crippen LogP contribution < -0.4 is 5.73 Å². The van der Waals surface area contributed by atoms with Crippen LogP contribution in [-0.4, -0.2) is 23.7 Å². The van der Waals surface area contributed by atoms with Gasteiger partial charge in [0.2, 0.25) is 0 Å². The molecule has 4 heteroatoms. The maximum Gasteiger partial charge on any atom is 0.0797 e. The van der Waals surface area contributed by atoms with Gasteiger partial charge in [-0.25, -0.2) is 4.98 Å². The molecule has 2 N–H and O–H groups in total. The first-order chi connectivity index (χ1) is 7.61. The van der Waals surface area contributed by atoms with Gasteiger partial charge in [0.05, 0.1) is 24.4 Å². The lowest BCUT2D eigenvalue weighted by atomic mass is 9.96. The Labute approximate surface area is 102 Å². The molecule has 1 aromatic rings. The molecule has 0 aliphatic carbocycles. The van der Waals surface area contributed by atoms with Gasteiger partial charge in [-0.2, -0.15) is 0 Å². The molecule has 0 fully saturated rings. The van der Waals surface area contributed by atoms with Crippen molar-refractivity contribution in [2.24, 2.45) is 5.73 Å². The largest absolute Gasteiger partial charge is 0.379 e. The van der Waals surface area contributed by atoms with Gasteiger partial charge in [-0.3, -0.25) is 0 Å². The molecule has 3 nitrogen and oxygen atoms in total. The predicted octanol–water partition coefficient (Wildman–Crippen LogP) is 2.53. The lowest BCUT2D eigenvalue weighted by molar-refractivity contribution is 0.0834. The number of ether oxygens (including phenoxy) is 1. The zero-order chi connectivity index (χ0) is 12.0. The minimum Gasteiger partial charge on any atom is -0.379 e. The van der Waals surface area contributed by atoms with Crippen molar-refractivity contribution in [2.45, 2.75) is 45.6 Å². The van der Waals surface area contributed by atoms with Crippen LogP contribution in [0.3, 0.4) is 0 Å². The van der Waals surface area contributed by atoms with Crippen LogP contribution in [0.15, 0.2) is 5.51 Å². The van der Waals surface area contributed by atoms with Gasteiger partial charge in [-0.1, -0.05) is 13.8 Å². The highest BCUT2D eigenvalue weighted by Crippen LogP contribution is 2.14. The summed E-state index contributed by atoms with van der Waals surface area (Å²) in [4.78, 5) is 5.53. The van der Waals surface area contributed by atoms with E-state index in [4.69, 9.17) is 10.5 Å². The van der Waals surface area contributed by atoms with E-state index in [1.165, 1.54) is 4.88 Å². The molecule has 0 radical (unpaired) electrons. The number of rotatable bonds is 7. The van der Waals surface area contributed by atoms with E-state index in [2.05, 4.69) is 18.8 Å². The SMILES string of the molecule is CCC(N)(CC)COCCc1scnc1C. The van der Waals surface area contributed by atoms with Gasteiger partial charge >= 0.3 is 0 Å². The highest BCUT2D eigenvalue weighted by atomic mass is 32.1. The molecule has 0 aliphatic heterocycles. The van der Waals surface area contributed by atoms with Gasteiger partial charge in [-0.05, 0) is 19.8 Å². The van der Waals surface area contributed by atoms with Crippen molar-refractivity contribution >= 4 is 11.3 Å². The first-order valence-electron chi connectivity index (χ1n) is 5.87. The van der Waals surface area contributed by atoms with Gasteiger partial charge in [0.15, 0.2) is 0 Å². The first-order valence-corrected chi connectivity index (χ1v) is 6.75. The van der Waals surface area contributed by atoms with E-state index in [0.29, 0.717) is 6.61 Å². The Morgan fingerprint density at radius 3 is 2.62 bits per heavy atom. The van der Waals surface area contributed by atoms with Crippen LogP contribution in [0, 0.1) is 6.92 Å². The van der Waals surface area contributed by atoms with Crippen molar-refractivity contribution in [1.29, 1.82) is 0 Å². The van der Waals surface area contributed by atoms with E-state index in [-0.39, 0.29) is 5.54 Å². The van der Waals surface area contributed by atoms with Gasteiger partial charge in [0.25, 0.3) is 0 Å². The minimum atomic E-state index is -0.150. The third-order valence-electron chi connectivity index (χ3n) is 3.12. The molecule has 0 atom stereocenters. The van der Waals surface area contributed by atoms with Crippen molar-refractivity contribution < 1.29 is 4.74 Å². The molecule has 0 saturated carbocycles. The predicted molar refractivity (Wildman–Crippen MR) is 68.9 cm³/mol. The average molecular weight is 242 g/mol. The Bertz CT molecular complexity index is 308. The smallest absolute Gasteiger partial charge is 0.0797 e. The summed E-state index contributed by atoms with van der Waals surface area (Å²) in [6.45, 7) is 7.65. The number of nitrogens with zero attached hydrogens (tertiary/aromatic N) is 1. The van der Waals surface area contributed by atoms with E-state index in [0.717, 1.165) is 31.6 Å². The maximum atomic E-state index is 6.15. The minimum absolute atomic E-state index is 0.150. The molecular formula is C12H22N2OS. The highest BCUT2D eigenvalue weighted by Gasteiger charge is 2.20. The second-order valence-electron chi connectivity index (χ2n) is 4.23. The average Bonchev–Trinajstić information content (AvgIpc) is 2.70. The second-order valence-corrected chi connectivity index (χ2v) is 5.17. The Kier molecular flexibility index (Phi) is 5.38. The molecule has 0 spiro atoms. The summed E-state index contributed by atoms with van der Waals surface area (Å²) in [5.74, 6) is 0. The molecule has 16 heavy (non-hydrogen) atoms. The van der Waals surface area contributed by atoms with E-state index in [9.17, 15) is 0 Å². The summed E-state index contributed by atoms with van der Waals surface area (Å²) >= 11 is 1.70. The molecule has 0 saturated heterocycles. The Balaban J connectivity index is 2.24. The standard InChI is InChI=1S/C12H22N2OS/c1-4-12(13,5-2)8-15-7-6-11-10(3)14-9-16-11/h9H,4-8,13H2,1-3H3. The van der Waals surface area contributed by atoms with Crippen LogP contribution in [0.4, 0.5) is 0 Å². The fraction of sp³-hybridized carbons (Fsp3) is 0.750. The van der Waals surface area contributed by atoms with Gasteiger partial charge in [0.1, 0.15) is 0 Å². The molecule has 0 aliphatic rings. The van der Waals surface area contributed by atoms with E-state index in [1.54, 1.807) is 11.3 Å². The van der Waals surface area contributed by atoms with Crippen molar-refractivity contribution in [3.05, 3.63) is 16.1 Å². The topological polar surface area (TPSA) is 48.1 Å². The molecule has 1 rings (SSSR count). The summed E-state index contributed by atoms with van der Waals surface area (Å²) in [6.07, 6.45) is 2.87. The summed E-state index contributed by atoms with van der Waals surface area (Å²) in [5, 5.41) is 0. The van der Waals surface area contributed by atoms with Gasteiger partial charge < -0.3 is 10.5 Å². The van der Waals surface area contributed by atoms with Gasteiger partial charge in [-0.15, -0.1) is 11.3 Å². The number of hydrogen-bond acceptors (Lipinski definition) is 4. The number of hydrogen-bond donors (Lipinski definition) is 1. The Morgan fingerprint density at radius 1 is 1.44 bits per heavy atom. The maximum absolute atomic E-state index is 6.15. The summed E-state index contributed by atoms with van der Waals surface area (Å²) in [6, 6.07) is 0. The van der Waals surface area contributed by atoms with Crippen molar-refractivity contribution in [2.75, 3.05) is 13.2 Å². The molecule has 0 bridgehead atoms. The molecule has 0 amide bonds. The van der Waals surface area contributed by atoms with E-state index >= 15 is 0 Å². The van der Waals surface area contributed by atoms with Crippen LogP contribution in [0.1, 0.15) is 37.3 Å². The normalized spacial score (nSPS) is 12.0. The molecule has 1 aromatic heterocycles. The third kappa shape index (κ3) is 3.85.